The summed E-state index contributed by atoms with van der Waals surface area (Å²) >= 11 is 0. The van der Waals surface area contributed by atoms with E-state index in [9.17, 15) is 4.39 Å². The van der Waals surface area contributed by atoms with Gasteiger partial charge in [-0.05, 0) is 31.0 Å². The maximum Gasteiger partial charge on any atom is 0.320 e. The highest BCUT2D eigenvalue weighted by atomic mass is 19.1. The summed E-state index contributed by atoms with van der Waals surface area (Å²) in [6.45, 7) is 0.572. The van der Waals surface area contributed by atoms with Crippen LogP contribution in [0.3, 0.4) is 0 Å². The minimum Gasteiger partial charge on any atom is -0.406 e. The third kappa shape index (κ3) is 2.84. The highest BCUT2D eigenvalue weighted by Crippen LogP contribution is 2.20. The summed E-state index contributed by atoms with van der Waals surface area (Å²) in [5, 5.41) is 13.9. The predicted molar refractivity (Wildman–Crippen MR) is 63.8 cm³/mol. The number of anilines is 2. The lowest BCUT2D eigenvalue weighted by molar-refractivity contribution is 0.478. The van der Waals surface area contributed by atoms with Gasteiger partial charge in [0.2, 0.25) is 5.89 Å². The van der Waals surface area contributed by atoms with Crippen molar-refractivity contribution in [1.82, 2.24) is 15.5 Å². The van der Waals surface area contributed by atoms with E-state index in [0.29, 0.717) is 24.2 Å². The van der Waals surface area contributed by atoms with Crippen LogP contribution in [0.2, 0.25) is 0 Å². The van der Waals surface area contributed by atoms with Crippen LogP contribution in [0.1, 0.15) is 18.7 Å². The van der Waals surface area contributed by atoms with Crippen molar-refractivity contribution < 1.29 is 8.81 Å². The second kappa shape index (κ2) is 4.73. The molecule has 1 aromatic carbocycles. The molecule has 0 amide bonds. The summed E-state index contributed by atoms with van der Waals surface area (Å²) in [5.74, 6) is 0.218. The Kier molecular flexibility index (Phi) is 2.93. The molecule has 1 aromatic heterocycles. The summed E-state index contributed by atoms with van der Waals surface area (Å²) in [6.07, 6.45) is 2.42. The molecular formula is C12H13FN4O. The first kappa shape index (κ1) is 11.2. The molecule has 0 aliphatic heterocycles. The van der Waals surface area contributed by atoms with Crippen molar-refractivity contribution in [2.45, 2.75) is 25.4 Å². The van der Waals surface area contributed by atoms with Crippen molar-refractivity contribution in [1.29, 1.82) is 0 Å². The Hall–Kier alpha value is -1.95. The molecule has 94 valence electrons. The highest BCUT2D eigenvalue weighted by molar-refractivity contribution is 5.51. The Morgan fingerprint density at radius 3 is 3.00 bits per heavy atom. The van der Waals surface area contributed by atoms with Crippen LogP contribution in [0, 0.1) is 5.82 Å². The normalized spacial score (nSPS) is 14.7. The smallest absolute Gasteiger partial charge is 0.320 e. The molecule has 2 aromatic rings. The van der Waals surface area contributed by atoms with E-state index in [2.05, 4.69) is 20.8 Å². The summed E-state index contributed by atoms with van der Waals surface area (Å²) in [6, 6.07) is 6.96. The van der Waals surface area contributed by atoms with Crippen LogP contribution in [0.4, 0.5) is 16.1 Å². The van der Waals surface area contributed by atoms with E-state index >= 15 is 0 Å². The molecule has 0 unspecified atom stereocenters. The van der Waals surface area contributed by atoms with Crippen LogP contribution >= 0.6 is 0 Å². The van der Waals surface area contributed by atoms with Crippen LogP contribution in [0.25, 0.3) is 0 Å². The number of hydrogen-bond donors (Lipinski definition) is 2. The van der Waals surface area contributed by atoms with Crippen molar-refractivity contribution in [3.8, 4) is 0 Å². The first-order chi connectivity index (χ1) is 8.79. The van der Waals surface area contributed by atoms with Gasteiger partial charge in [0.05, 0.1) is 6.54 Å². The fourth-order valence-electron chi connectivity index (χ4n) is 1.58. The third-order valence-corrected chi connectivity index (χ3v) is 2.66. The zero-order valence-corrected chi connectivity index (χ0v) is 9.69. The van der Waals surface area contributed by atoms with E-state index in [1.807, 2.05) is 0 Å². The summed E-state index contributed by atoms with van der Waals surface area (Å²) < 4.78 is 18.4. The molecule has 1 heterocycles. The average molecular weight is 248 g/mol. The van der Waals surface area contributed by atoms with Gasteiger partial charge < -0.3 is 15.1 Å². The van der Waals surface area contributed by atoms with E-state index < -0.39 is 0 Å². The lowest BCUT2D eigenvalue weighted by Gasteiger charge is -2.00. The van der Waals surface area contributed by atoms with Gasteiger partial charge in [-0.2, -0.15) is 0 Å². The first-order valence-electron chi connectivity index (χ1n) is 5.88. The Morgan fingerprint density at radius 1 is 1.33 bits per heavy atom. The van der Waals surface area contributed by atoms with Crippen molar-refractivity contribution in [3.05, 3.63) is 36.0 Å². The third-order valence-electron chi connectivity index (χ3n) is 2.66. The lowest BCUT2D eigenvalue weighted by Crippen LogP contribution is -2.15. The molecule has 6 heteroatoms. The topological polar surface area (TPSA) is 63.0 Å². The van der Waals surface area contributed by atoms with Crippen molar-refractivity contribution in [2.24, 2.45) is 0 Å². The fraction of sp³-hybridized carbons (Fsp3) is 0.333. The second-order valence-corrected chi connectivity index (χ2v) is 4.29. The monoisotopic (exact) mass is 248 g/mol. The van der Waals surface area contributed by atoms with Crippen LogP contribution in [-0.4, -0.2) is 16.2 Å². The molecule has 0 saturated heterocycles. The molecule has 5 nitrogen and oxygen atoms in total. The molecule has 0 radical (unpaired) electrons. The molecule has 3 rings (SSSR count). The molecule has 1 aliphatic rings. The number of rotatable bonds is 5. The van der Waals surface area contributed by atoms with Gasteiger partial charge in [-0.15, -0.1) is 5.10 Å². The molecule has 2 N–H and O–H groups in total. The standard InChI is InChI=1S/C12H13FN4O/c13-8-2-1-3-10(6-8)15-12-17-16-11(18-12)7-14-9-4-5-9/h1-3,6,9,14H,4-5,7H2,(H,15,17). The number of aromatic nitrogens is 2. The van der Waals surface area contributed by atoms with Gasteiger partial charge in [0.15, 0.2) is 0 Å². The number of nitrogens with zero attached hydrogens (tertiary/aromatic N) is 2. The number of nitrogens with one attached hydrogen (secondary N) is 2. The Balaban J connectivity index is 1.61. The van der Waals surface area contributed by atoms with Gasteiger partial charge in [0.1, 0.15) is 5.82 Å². The van der Waals surface area contributed by atoms with Gasteiger partial charge in [-0.3, -0.25) is 0 Å². The fourth-order valence-corrected chi connectivity index (χ4v) is 1.58. The zero-order chi connectivity index (χ0) is 12.4. The van der Waals surface area contributed by atoms with Crippen LogP contribution in [0.5, 0.6) is 0 Å². The molecule has 0 atom stereocenters. The minimum atomic E-state index is -0.310. The SMILES string of the molecule is Fc1cccc(Nc2nnc(CNC3CC3)o2)c1. The summed E-state index contributed by atoms with van der Waals surface area (Å²) in [7, 11) is 0. The van der Waals surface area contributed by atoms with Gasteiger partial charge in [0.25, 0.3) is 0 Å². The molecule has 0 bridgehead atoms. The first-order valence-corrected chi connectivity index (χ1v) is 5.88. The maximum absolute atomic E-state index is 13.0. The molecule has 0 spiro atoms. The predicted octanol–water partition coefficient (Wildman–Crippen LogP) is 2.20. The zero-order valence-electron chi connectivity index (χ0n) is 9.69. The van der Waals surface area contributed by atoms with Crippen LogP contribution in [0.15, 0.2) is 28.7 Å². The minimum absolute atomic E-state index is 0.271. The quantitative estimate of drug-likeness (QED) is 0.849. The number of hydrogen-bond acceptors (Lipinski definition) is 5. The van der Waals surface area contributed by atoms with E-state index in [1.165, 1.54) is 25.0 Å². The average Bonchev–Trinajstić information content (AvgIpc) is 3.08. The van der Waals surface area contributed by atoms with Gasteiger partial charge in [-0.25, -0.2) is 4.39 Å². The van der Waals surface area contributed by atoms with Crippen LogP contribution in [-0.2, 0) is 6.54 Å². The lowest BCUT2D eigenvalue weighted by atomic mass is 10.3. The molecule has 1 fully saturated rings. The number of halogens is 1. The Bertz CT molecular complexity index is 538. The Morgan fingerprint density at radius 2 is 2.22 bits per heavy atom. The highest BCUT2D eigenvalue weighted by Gasteiger charge is 2.21. The van der Waals surface area contributed by atoms with Gasteiger partial charge in [0, 0.05) is 11.7 Å². The van der Waals surface area contributed by atoms with Gasteiger partial charge >= 0.3 is 6.01 Å². The summed E-state index contributed by atoms with van der Waals surface area (Å²) in [5.41, 5.74) is 0.584. The van der Waals surface area contributed by atoms with Gasteiger partial charge in [-0.1, -0.05) is 11.2 Å². The van der Waals surface area contributed by atoms with Crippen molar-refractivity contribution >= 4 is 11.7 Å². The number of benzene rings is 1. The molecule has 1 saturated carbocycles. The molecule has 18 heavy (non-hydrogen) atoms. The van der Waals surface area contributed by atoms with Crippen molar-refractivity contribution in [3.63, 3.8) is 0 Å². The largest absolute Gasteiger partial charge is 0.406 e. The maximum atomic E-state index is 13.0. The summed E-state index contributed by atoms with van der Waals surface area (Å²) in [4.78, 5) is 0. The van der Waals surface area contributed by atoms with E-state index in [-0.39, 0.29) is 11.8 Å². The van der Waals surface area contributed by atoms with E-state index in [4.69, 9.17) is 4.42 Å². The Labute approximate surface area is 103 Å². The van der Waals surface area contributed by atoms with Crippen molar-refractivity contribution in [2.75, 3.05) is 5.32 Å². The second-order valence-electron chi connectivity index (χ2n) is 4.29. The molecular weight excluding hydrogens is 235 g/mol. The molecule has 1 aliphatic carbocycles. The van der Waals surface area contributed by atoms with E-state index in [1.54, 1.807) is 12.1 Å². The van der Waals surface area contributed by atoms with E-state index in [0.717, 1.165) is 0 Å². The van der Waals surface area contributed by atoms with Crippen LogP contribution < -0.4 is 10.6 Å².